The lowest BCUT2D eigenvalue weighted by atomic mass is 9.98. The predicted octanol–water partition coefficient (Wildman–Crippen LogP) is 1.78. The molecule has 2 nitrogen and oxygen atoms in total. The minimum Gasteiger partial charge on any atom is -0.272 e. The molecule has 0 aromatic carbocycles. The normalized spacial score (nSPS) is 32.8. The van der Waals surface area contributed by atoms with Crippen molar-refractivity contribution < 1.29 is 0 Å². The summed E-state index contributed by atoms with van der Waals surface area (Å²) in [5.74, 6) is 1.71. The summed E-state index contributed by atoms with van der Waals surface area (Å²) in [6.45, 7) is 0. The number of fused-ring (bicyclic) bond motifs is 5. The Morgan fingerprint density at radius 3 is 3.09 bits per heavy atom. The van der Waals surface area contributed by atoms with Gasteiger partial charge in [0.15, 0.2) is 0 Å². The number of hydrogen-bond donors (Lipinski definition) is 0. The lowest BCUT2D eigenvalue weighted by molar-refractivity contribution is 0.625. The van der Waals surface area contributed by atoms with Crippen molar-refractivity contribution in [3.8, 4) is 0 Å². The highest BCUT2D eigenvalue weighted by Gasteiger charge is 2.39. The van der Waals surface area contributed by atoms with Crippen LogP contribution in [0.25, 0.3) is 0 Å². The molecule has 0 spiro atoms. The summed E-state index contributed by atoms with van der Waals surface area (Å²) >= 11 is 0. The fourth-order valence-corrected chi connectivity index (χ4v) is 2.79. The first kappa shape index (κ1) is 5.81. The van der Waals surface area contributed by atoms with Crippen LogP contribution in [-0.4, -0.2) is 9.78 Å². The van der Waals surface area contributed by atoms with E-state index in [1.54, 1.807) is 5.56 Å². The SMILES string of the molecule is Cn1ncc2c1[C@H]1CC[C@H]2C1. The summed E-state index contributed by atoms with van der Waals surface area (Å²) in [6.07, 6.45) is 6.28. The van der Waals surface area contributed by atoms with E-state index in [2.05, 4.69) is 23.0 Å². The molecular weight excluding hydrogens is 136 g/mol. The van der Waals surface area contributed by atoms with Gasteiger partial charge in [0.1, 0.15) is 0 Å². The molecule has 2 atom stereocenters. The molecule has 2 bridgehead atoms. The van der Waals surface area contributed by atoms with Gasteiger partial charge in [-0.3, -0.25) is 4.68 Å². The van der Waals surface area contributed by atoms with Crippen LogP contribution in [0.5, 0.6) is 0 Å². The summed E-state index contributed by atoms with van der Waals surface area (Å²) < 4.78 is 2.07. The molecule has 0 N–H and O–H groups in total. The highest BCUT2D eigenvalue weighted by atomic mass is 15.3. The van der Waals surface area contributed by atoms with Gasteiger partial charge >= 0.3 is 0 Å². The highest BCUT2D eigenvalue weighted by molar-refractivity contribution is 5.35. The standard InChI is InChI=1S/C9H12N2/c1-11-9-7-3-2-6(4-7)8(9)5-10-11/h5-7H,2-4H2,1H3/t6-,7-/m0/s1. The predicted molar refractivity (Wildman–Crippen MR) is 42.5 cm³/mol. The van der Waals surface area contributed by atoms with E-state index >= 15 is 0 Å². The Balaban J connectivity index is 2.25. The lowest BCUT2D eigenvalue weighted by Crippen LogP contribution is -2.02. The maximum absolute atomic E-state index is 4.30. The molecule has 3 rings (SSSR count). The Morgan fingerprint density at radius 1 is 1.45 bits per heavy atom. The van der Waals surface area contributed by atoms with Crippen LogP contribution in [-0.2, 0) is 7.05 Å². The van der Waals surface area contributed by atoms with Crippen LogP contribution in [0.1, 0.15) is 42.4 Å². The van der Waals surface area contributed by atoms with Gasteiger partial charge in [-0.2, -0.15) is 5.10 Å². The third kappa shape index (κ3) is 0.561. The Kier molecular flexibility index (Phi) is 0.888. The van der Waals surface area contributed by atoms with Gasteiger partial charge in [0, 0.05) is 18.7 Å². The minimum absolute atomic E-state index is 0.850. The second-order valence-corrected chi connectivity index (χ2v) is 3.82. The van der Waals surface area contributed by atoms with Crippen LogP contribution >= 0.6 is 0 Å². The van der Waals surface area contributed by atoms with Gasteiger partial charge in [-0.1, -0.05) is 0 Å². The monoisotopic (exact) mass is 148 g/mol. The number of aromatic nitrogens is 2. The molecule has 0 amide bonds. The van der Waals surface area contributed by atoms with E-state index in [1.165, 1.54) is 25.0 Å². The van der Waals surface area contributed by atoms with E-state index in [4.69, 9.17) is 0 Å². The van der Waals surface area contributed by atoms with Gasteiger partial charge in [-0.15, -0.1) is 0 Å². The fourth-order valence-electron chi connectivity index (χ4n) is 2.79. The zero-order chi connectivity index (χ0) is 7.42. The molecule has 1 heterocycles. The van der Waals surface area contributed by atoms with E-state index < -0.39 is 0 Å². The van der Waals surface area contributed by atoms with Crippen molar-refractivity contribution in [1.82, 2.24) is 9.78 Å². The molecule has 0 unspecified atom stereocenters. The zero-order valence-corrected chi connectivity index (χ0v) is 6.75. The lowest BCUT2D eigenvalue weighted by Gasteiger charge is -2.10. The van der Waals surface area contributed by atoms with Crippen LogP contribution in [0.4, 0.5) is 0 Å². The van der Waals surface area contributed by atoms with Crippen molar-refractivity contribution in [3.63, 3.8) is 0 Å². The topological polar surface area (TPSA) is 17.8 Å². The maximum Gasteiger partial charge on any atom is 0.0527 e. The average molecular weight is 148 g/mol. The van der Waals surface area contributed by atoms with Gasteiger partial charge in [-0.25, -0.2) is 0 Å². The Bertz CT molecular complexity index is 301. The van der Waals surface area contributed by atoms with Crippen LogP contribution in [0.2, 0.25) is 0 Å². The van der Waals surface area contributed by atoms with E-state index in [0.717, 1.165) is 11.8 Å². The second kappa shape index (κ2) is 1.68. The van der Waals surface area contributed by atoms with Crippen LogP contribution < -0.4 is 0 Å². The van der Waals surface area contributed by atoms with Crippen molar-refractivity contribution in [2.75, 3.05) is 0 Å². The van der Waals surface area contributed by atoms with E-state index in [0.29, 0.717) is 0 Å². The van der Waals surface area contributed by atoms with E-state index in [-0.39, 0.29) is 0 Å². The van der Waals surface area contributed by atoms with Crippen LogP contribution in [0, 0.1) is 0 Å². The summed E-state index contributed by atoms with van der Waals surface area (Å²) in [5.41, 5.74) is 3.07. The maximum atomic E-state index is 4.30. The smallest absolute Gasteiger partial charge is 0.0527 e. The Labute approximate surface area is 66.2 Å². The first-order valence-corrected chi connectivity index (χ1v) is 4.38. The van der Waals surface area contributed by atoms with Crippen molar-refractivity contribution >= 4 is 0 Å². The van der Waals surface area contributed by atoms with E-state index in [1.807, 2.05) is 0 Å². The van der Waals surface area contributed by atoms with Crippen LogP contribution in [0.3, 0.4) is 0 Å². The van der Waals surface area contributed by atoms with Gasteiger partial charge in [0.25, 0.3) is 0 Å². The molecule has 1 saturated carbocycles. The van der Waals surface area contributed by atoms with Crippen molar-refractivity contribution in [1.29, 1.82) is 0 Å². The summed E-state index contributed by atoms with van der Waals surface area (Å²) in [5, 5.41) is 4.30. The number of nitrogens with zero attached hydrogens (tertiary/aromatic N) is 2. The molecule has 0 aliphatic heterocycles. The summed E-state index contributed by atoms with van der Waals surface area (Å²) in [6, 6.07) is 0. The zero-order valence-electron chi connectivity index (χ0n) is 6.75. The molecule has 1 fully saturated rings. The molecule has 11 heavy (non-hydrogen) atoms. The number of rotatable bonds is 0. The molecule has 2 aliphatic carbocycles. The van der Waals surface area contributed by atoms with Gasteiger partial charge in [0.05, 0.1) is 6.20 Å². The fraction of sp³-hybridized carbons (Fsp3) is 0.667. The highest BCUT2D eigenvalue weighted by Crippen LogP contribution is 2.52. The second-order valence-electron chi connectivity index (χ2n) is 3.82. The molecule has 1 aromatic rings. The Hall–Kier alpha value is -0.790. The Morgan fingerprint density at radius 2 is 2.27 bits per heavy atom. The van der Waals surface area contributed by atoms with Crippen molar-refractivity contribution in [2.45, 2.75) is 31.1 Å². The van der Waals surface area contributed by atoms with Gasteiger partial charge < -0.3 is 0 Å². The van der Waals surface area contributed by atoms with Crippen molar-refractivity contribution in [2.24, 2.45) is 7.05 Å². The van der Waals surface area contributed by atoms with Gasteiger partial charge in [-0.05, 0) is 30.7 Å². The molecule has 58 valence electrons. The average Bonchev–Trinajstić information content (AvgIpc) is 2.60. The largest absolute Gasteiger partial charge is 0.272 e. The molecule has 0 saturated heterocycles. The quantitative estimate of drug-likeness (QED) is 0.548. The number of hydrogen-bond acceptors (Lipinski definition) is 1. The summed E-state index contributed by atoms with van der Waals surface area (Å²) in [7, 11) is 2.07. The first-order chi connectivity index (χ1) is 5.36. The molecule has 2 aliphatic rings. The third-order valence-corrected chi connectivity index (χ3v) is 3.27. The van der Waals surface area contributed by atoms with Crippen molar-refractivity contribution in [3.05, 3.63) is 17.5 Å². The third-order valence-electron chi connectivity index (χ3n) is 3.27. The minimum atomic E-state index is 0.850. The van der Waals surface area contributed by atoms with E-state index in [9.17, 15) is 0 Å². The molecule has 0 radical (unpaired) electrons. The molecule has 2 heteroatoms. The molecule has 1 aromatic heterocycles. The van der Waals surface area contributed by atoms with Gasteiger partial charge in [0.2, 0.25) is 0 Å². The molecular formula is C9H12N2. The number of aryl methyl sites for hydroxylation is 1. The van der Waals surface area contributed by atoms with Crippen LogP contribution in [0.15, 0.2) is 6.20 Å². The summed E-state index contributed by atoms with van der Waals surface area (Å²) in [4.78, 5) is 0. The first-order valence-electron chi connectivity index (χ1n) is 4.38.